The number of methoxy groups -OCH3 is 2. The lowest BCUT2D eigenvalue weighted by molar-refractivity contribution is 0.0953. The zero-order chi connectivity index (χ0) is 16.7. The molecule has 2 rings (SSSR count). The molecule has 0 unspecified atom stereocenters. The van der Waals surface area contributed by atoms with Crippen LogP contribution in [0.5, 0.6) is 5.75 Å². The summed E-state index contributed by atoms with van der Waals surface area (Å²) < 4.78 is 12.3. The number of imidazole rings is 1. The number of carbonyl (C=O) groups is 1. The number of nitrogens with one attached hydrogen (secondary N) is 1. The van der Waals surface area contributed by atoms with E-state index in [-0.39, 0.29) is 5.91 Å². The van der Waals surface area contributed by atoms with Crippen molar-refractivity contribution in [2.45, 2.75) is 19.9 Å². The van der Waals surface area contributed by atoms with Crippen molar-refractivity contribution < 1.29 is 14.3 Å². The molecule has 0 aliphatic heterocycles. The molecule has 2 aromatic rings. The van der Waals surface area contributed by atoms with Gasteiger partial charge in [-0.15, -0.1) is 0 Å². The molecule has 0 fully saturated rings. The number of amides is 1. The van der Waals surface area contributed by atoms with Crippen molar-refractivity contribution >= 4 is 5.91 Å². The molecular formula is C17H23N3O3. The maximum Gasteiger partial charge on any atom is 0.251 e. The Morgan fingerprint density at radius 2 is 2.00 bits per heavy atom. The minimum atomic E-state index is -0.0978. The van der Waals surface area contributed by atoms with Crippen molar-refractivity contribution in [2.75, 3.05) is 27.4 Å². The lowest BCUT2D eigenvalue weighted by atomic mass is 10.2. The number of benzene rings is 1. The molecule has 124 valence electrons. The van der Waals surface area contributed by atoms with E-state index in [9.17, 15) is 4.79 Å². The first kappa shape index (κ1) is 17.0. The van der Waals surface area contributed by atoms with Gasteiger partial charge in [-0.25, -0.2) is 4.98 Å². The SMILES string of the molecule is COCCn1c(C)cnc1CCNC(=O)c1ccc(OC)cc1. The Hall–Kier alpha value is -2.34. The van der Waals surface area contributed by atoms with Crippen LogP contribution in [0.1, 0.15) is 21.9 Å². The molecule has 0 saturated carbocycles. The van der Waals surface area contributed by atoms with Crippen LogP contribution >= 0.6 is 0 Å². The third kappa shape index (κ3) is 4.56. The van der Waals surface area contributed by atoms with Crippen LogP contribution in [0.4, 0.5) is 0 Å². The van der Waals surface area contributed by atoms with Crippen LogP contribution in [0.25, 0.3) is 0 Å². The van der Waals surface area contributed by atoms with Crippen LogP contribution in [0.15, 0.2) is 30.5 Å². The normalized spacial score (nSPS) is 10.6. The standard InChI is InChI=1S/C17H23N3O3/c1-13-12-19-16(20(13)10-11-22-2)8-9-18-17(21)14-4-6-15(23-3)7-5-14/h4-7,12H,8-11H2,1-3H3,(H,18,21). The van der Waals surface area contributed by atoms with Crippen LogP contribution in [-0.4, -0.2) is 42.8 Å². The van der Waals surface area contributed by atoms with E-state index in [1.165, 1.54) is 0 Å². The van der Waals surface area contributed by atoms with Crippen LogP contribution in [0.2, 0.25) is 0 Å². The van der Waals surface area contributed by atoms with E-state index < -0.39 is 0 Å². The van der Waals surface area contributed by atoms with Crippen LogP contribution in [0, 0.1) is 6.92 Å². The molecule has 1 amide bonds. The summed E-state index contributed by atoms with van der Waals surface area (Å²) in [6.45, 7) is 3.96. The summed E-state index contributed by atoms with van der Waals surface area (Å²) >= 11 is 0. The first-order chi connectivity index (χ1) is 11.2. The fraction of sp³-hybridized carbons (Fsp3) is 0.412. The van der Waals surface area contributed by atoms with Gasteiger partial charge in [-0.1, -0.05) is 0 Å². The monoisotopic (exact) mass is 317 g/mol. The van der Waals surface area contributed by atoms with E-state index in [0.29, 0.717) is 25.1 Å². The van der Waals surface area contributed by atoms with Gasteiger partial charge in [-0.05, 0) is 31.2 Å². The number of ether oxygens (including phenoxy) is 2. The molecule has 23 heavy (non-hydrogen) atoms. The number of aromatic nitrogens is 2. The maximum absolute atomic E-state index is 12.1. The van der Waals surface area contributed by atoms with Gasteiger partial charge in [-0.3, -0.25) is 4.79 Å². The Kier molecular flexibility index (Phi) is 6.17. The number of rotatable bonds is 8. The summed E-state index contributed by atoms with van der Waals surface area (Å²) in [6, 6.07) is 7.04. The highest BCUT2D eigenvalue weighted by Gasteiger charge is 2.09. The summed E-state index contributed by atoms with van der Waals surface area (Å²) in [7, 11) is 3.28. The summed E-state index contributed by atoms with van der Waals surface area (Å²) in [5.74, 6) is 1.59. The first-order valence-corrected chi connectivity index (χ1v) is 7.58. The average molecular weight is 317 g/mol. The van der Waals surface area contributed by atoms with Gasteiger partial charge in [-0.2, -0.15) is 0 Å². The molecule has 0 aliphatic carbocycles. The minimum Gasteiger partial charge on any atom is -0.497 e. The van der Waals surface area contributed by atoms with Gasteiger partial charge >= 0.3 is 0 Å². The smallest absolute Gasteiger partial charge is 0.251 e. The summed E-state index contributed by atoms with van der Waals surface area (Å²) in [6.07, 6.45) is 2.52. The molecule has 0 saturated heterocycles. The second-order valence-corrected chi connectivity index (χ2v) is 5.19. The van der Waals surface area contributed by atoms with E-state index in [4.69, 9.17) is 9.47 Å². The summed E-state index contributed by atoms with van der Waals surface area (Å²) in [4.78, 5) is 16.5. The van der Waals surface area contributed by atoms with Crippen LogP contribution < -0.4 is 10.1 Å². The molecule has 0 radical (unpaired) electrons. The molecule has 1 aromatic heterocycles. The van der Waals surface area contributed by atoms with Gasteiger partial charge < -0.3 is 19.4 Å². The second-order valence-electron chi connectivity index (χ2n) is 5.19. The molecule has 6 nitrogen and oxygen atoms in total. The molecule has 0 spiro atoms. The van der Waals surface area contributed by atoms with E-state index in [1.54, 1.807) is 38.5 Å². The van der Waals surface area contributed by atoms with E-state index in [2.05, 4.69) is 14.9 Å². The molecule has 1 aromatic carbocycles. The molecular weight excluding hydrogens is 294 g/mol. The van der Waals surface area contributed by atoms with Crippen molar-refractivity contribution in [3.05, 3.63) is 47.5 Å². The third-order valence-corrected chi connectivity index (χ3v) is 3.64. The lowest BCUT2D eigenvalue weighted by Crippen LogP contribution is -2.26. The Bertz CT molecular complexity index is 635. The average Bonchev–Trinajstić information content (AvgIpc) is 2.93. The van der Waals surface area contributed by atoms with Gasteiger partial charge in [0.2, 0.25) is 0 Å². The number of nitrogens with zero attached hydrogens (tertiary/aromatic N) is 2. The molecule has 6 heteroatoms. The Morgan fingerprint density at radius 3 is 2.65 bits per heavy atom. The van der Waals surface area contributed by atoms with Gasteiger partial charge in [0.1, 0.15) is 11.6 Å². The van der Waals surface area contributed by atoms with Crippen molar-refractivity contribution in [1.82, 2.24) is 14.9 Å². The maximum atomic E-state index is 12.1. The highest BCUT2D eigenvalue weighted by atomic mass is 16.5. The fourth-order valence-electron chi connectivity index (χ4n) is 2.33. The molecule has 1 heterocycles. The quantitative estimate of drug-likeness (QED) is 0.806. The van der Waals surface area contributed by atoms with Gasteiger partial charge in [0.05, 0.1) is 13.7 Å². The third-order valence-electron chi connectivity index (χ3n) is 3.64. The summed E-state index contributed by atoms with van der Waals surface area (Å²) in [5, 5.41) is 2.91. The van der Waals surface area contributed by atoms with Gasteiger partial charge in [0.15, 0.2) is 0 Å². The number of hydrogen-bond acceptors (Lipinski definition) is 4. The molecule has 0 atom stereocenters. The highest BCUT2D eigenvalue weighted by molar-refractivity contribution is 5.94. The fourth-order valence-corrected chi connectivity index (χ4v) is 2.33. The van der Waals surface area contributed by atoms with E-state index >= 15 is 0 Å². The van der Waals surface area contributed by atoms with Gasteiger partial charge in [0.25, 0.3) is 5.91 Å². The predicted octanol–water partition coefficient (Wildman–Crippen LogP) is 1.82. The van der Waals surface area contributed by atoms with Crippen molar-refractivity contribution in [3.63, 3.8) is 0 Å². The van der Waals surface area contributed by atoms with Crippen molar-refractivity contribution in [3.8, 4) is 5.75 Å². The van der Waals surface area contributed by atoms with Crippen molar-refractivity contribution in [1.29, 1.82) is 0 Å². The first-order valence-electron chi connectivity index (χ1n) is 7.58. The summed E-state index contributed by atoms with van der Waals surface area (Å²) in [5.41, 5.74) is 1.71. The number of hydrogen-bond donors (Lipinski definition) is 1. The Morgan fingerprint density at radius 1 is 1.26 bits per heavy atom. The van der Waals surface area contributed by atoms with Crippen molar-refractivity contribution in [2.24, 2.45) is 0 Å². The lowest BCUT2D eigenvalue weighted by Gasteiger charge is -2.10. The molecule has 1 N–H and O–H groups in total. The number of carbonyl (C=O) groups excluding carboxylic acids is 1. The van der Waals surface area contributed by atoms with E-state index in [1.807, 2.05) is 13.1 Å². The molecule has 0 aliphatic rings. The zero-order valence-corrected chi connectivity index (χ0v) is 13.8. The predicted molar refractivity (Wildman–Crippen MR) is 87.9 cm³/mol. The van der Waals surface area contributed by atoms with Gasteiger partial charge in [0, 0.05) is 44.1 Å². The largest absolute Gasteiger partial charge is 0.497 e. The number of aryl methyl sites for hydroxylation is 1. The van der Waals surface area contributed by atoms with E-state index in [0.717, 1.165) is 23.8 Å². The zero-order valence-electron chi connectivity index (χ0n) is 13.8. The molecule has 0 bridgehead atoms. The Labute approximate surface area is 136 Å². The Balaban J connectivity index is 1.87. The second kappa shape index (κ2) is 8.33. The van der Waals surface area contributed by atoms with Crippen LogP contribution in [0.3, 0.4) is 0 Å². The highest BCUT2D eigenvalue weighted by Crippen LogP contribution is 2.11. The topological polar surface area (TPSA) is 65.4 Å². The minimum absolute atomic E-state index is 0.0978. The van der Waals surface area contributed by atoms with Crippen LogP contribution in [-0.2, 0) is 17.7 Å².